The SMILES string of the molecule is Cc1ccc(/C=N\NC(=S)NCCCN2CCOCC2)o1. The number of nitrogens with one attached hydrogen (secondary N) is 2. The molecule has 0 amide bonds. The molecule has 6 nitrogen and oxygen atoms in total. The molecule has 1 aromatic heterocycles. The highest BCUT2D eigenvalue weighted by molar-refractivity contribution is 7.80. The number of thiocarbonyl (C=S) groups is 1. The van der Waals surface area contributed by atoms with Crippen LogP contribution >= 0.6 is 12.2 Å². The van der Waals surface area contributed by atoms with Crippen molar-refractivity contribution in [2.24, 2.45) is 5.10 Å². The van der Waals surface area contributed by atoms with E-state index >= 15 is 0 Å². The lowest BCUT2D eigenvalue weighted by atomic mass is 10.3. The molecule has 7 heteroatoms. The smallest absolute Gasteiger partial charge is 0.186 e. The maximum atomic E-state index is 5.36. The average molecular weight is 310 g/mol. The zero-order chi connectivity index (χ0) is 14.9. The lowest BCUT2D eigenvalue weighted by molar-refractivity contribution is 0.0376. The van der Waals surface area contributed by atoms with Gasteiger partial charge in [0.1, 0.15) is 11.5 Å². The third-order valence-corrected chi connectivity index (χ3v) is 3.40. The van der Waals surface area contributed by atoms with Crippen molar-refractivity contribution in [3.8, 4) is 0 Å². The van der Waals surface area contributed by atoms with Crippen molar-refractivity contribution in [1.82, 2.24) is 15.6 Å². The van der Waals surface area contributed by atoms with E-state index in [4.69, 9.17) is 21.4 Å². The molecule has 0 spiro atoms. The minimum absolute atomic E-state index is 0.525. The Hall–Kier alpha value is -1.44. The van der Waals surface area contributed by atoms with E-state index in [1.54, 1.807) is 6.21 Å². The summed E-state index contributed by atoms with van der Waals surface area (Å²) in [7, 11) is 0. The quantitative estimate of drug-likeness (QED) is 0.355. The highest BCUT2D eigenvalue weighted by Crippen LogP contribution is 2.02. The van der Waals surface area contributed by atoms with Gasteiger partial charge in [-0.25, -0.2) is 0 Å². The summed E-state index contributed by atoms with van der Waals surface area (Å²) in [6, 6.07) is 3.75. The molecule has 0 radical (unpaired) electrons. The Labute approximate surface area is 130 Å². The van der Waals surface area contributed by atoms with E-state index in [0.717, 1.165) is 51.6 Å². The highest BCUT2D eigenvalue weighted by atomic mass is 32.1. The van der Waals surface area contributed by atoms with Crippen LogP contribution in [-0.2, 0) is 4.74 Å². The average Bonchev–Trinajstić information content (AvgIpc) is 2.90. The second kappa shape index (κ2) is 8.76. The molecule has 0 aliphatic carbocycles. The van der Waals surface area contributed by atoms with Gasteiger partial charge >= 0.3 is 0 Å². The summed E-state index contributed by atoms with van der Waals surface area (Å²) in [5.41, 5.74) is 2.78. The first-order valence-corrected chi connectivity index (χ1v) is 7.58. The van der Waals surface area contributed by atoms with E-state index in [-0.39, 0.29) is 0 Å². The third kappa shape index (κ3) is 6.24. The summed E-state index contributed by atoms with van der Waals surface area (Å²) >= 11 is 5.14. The maximum absolute atomic E-state index is 5.36. The fourth-order valence-corrected chi connectivity index (χ4v) is 2.20. The predicted molar refractivity (Wildman–Crippen MR) is 86.7 cm³/mol. The molecule has 2 heterocycles. The van der Waals surface area contributed by atoms with Crippen LogP contribution in [0.3, 0.4) is 0 Å². The summed E-state index contributed by atoms with van der Waals surface area (Å²) < 4.78 is 10.7. The zero-order valence-electron chi connectivity index (χ0n) is 12.3. The monoisotopic (exact) mass is 310 g/mol. The first-order chi connectivity index (χ1) is 10.2. The molecular weight excluding hydrogens is 288 g/mol. The summed E-state index contributed by atoms with van der Waals surface area (Å²) in [5.74, 6) is 1.57. The van der Waals surface area contributed by atoms with Crippen LogP contribution in [0.1, 0.15) is 17.9 Å². The highest BCUT2D eigenvalue weighted by Gasteiger charge is 2.08. The van der Waals surface area contributed by atoms with E-state index < -0.39 is 0 Å². The van der Waals surface area contributed by atoms with Crippen LogP contribution < -0.4 is 10.7 Å². The Morgan fingerprint density at radius 3 is 2.95 bits per heavy atom. The van der Waals surface area contributed by atoms with Gasteiger partial charge in [0, 0.05) is 19.6 Å². The Balaban J connectivity index is 1.54. The van der Waals surface area contributed by atoms with Gasteiger partial charge in [-0.3, -0.25) is 10.3 Å². The first-order valence-electron chi connectivity index (χ1n) is 7.17. The van der Waals surface area contributed by atoms with E-state index in [1.165, 1.54) is 0 Å². The molecule has 1 aliphatic rings. The maximum Gasteiger partial charge on any atom is 0.186 e. The second-order valence-corrected chi connectivity index (χ2v) is 5.29. The largest absolute Gasteiger partial charge is 0.460 e. The van der Waals surface area contributed by atoms with Crippen molar-refractivity contribution in [2.45, 2.75) is 13.3 Å². The number of rotatable bonds is 6. The van der Waals surface area contributed by atoms with Crippen molar-refractivity contribution in [3.05, 3.63) is 23.7 Å². The zero-order valence-corrected chi connectivity index (χ0v) is 13.1. The lowest BCUT2D eigenvalue weighted by Crippen LogP contribution is -2.39. The summed E-state index contributed by atoms with van der Waals surface area (Å²) in [5, 5.41) is 7.68. The third-order valence-electron chi connectivity index (χ3n) is 3.16. The Bertz CT molecular complexity index is 469. The number of hydrogen-bond donors (Lipinski definition) is 2. The van der Waals surface area contributed by atoms with E-state index in [0.29, 0.717) is 10.9 Å². The molecule has 0 saturated carbocycles. The second-order valence-electron chi connectivity index (χ2n) is 4.88. The van der Waals surface area contributed by atoms with Gasteiger partial charge in [-0.2, -0.15) is 5.10 Å². The van der Waals surface area contributed by atoms with Crippen LogP contribution in [0, 0.1) is 6.92 Å². The van der Waals surface area contributed by atoms with Crippen LogP contribution in [-0.4, -0.2) is 55.6 Å². The van der Waals surface area contributed by atoms with Crippen molar-refractivity contribution in [1.29, 1.82) is 0 Å². The van der Waals surface area contributed by atoms with Gasteiger partial charge in [0.05, 0.1) is 19.4 Å². The number of hydrazone groups is 1. The molecule has 0 unspecified atom stereocenters. The van der Waals surface area contributed by atoms with Crippen molar-refractivity contribution in [2.75, 3.05) is 39.4 Å². The normalized spacial score (nSPS) is 16.2. The van der Waals surface area contributed by atoms with E-state index in [9.17, 15) is 0 Å². The van der Waals surface area contributed by atoms with Crippen LogP contribution in [0.15, 0.2) is 21.7 Å². The first kappa shape index (κ1) is 15.9. The van der Waals surface area contributed by atoms with Crippen LogP contribution in [0.5, 0.6) is 0 Å². The molecule has 1 aliphatic heterocycles. The topological polar surface area (TPSA) is 62.0 Å². The molecule has 1 fully saturated rings. The minimum Gasteiger partial charge on any atom is -0.460 e. The fourth-order valence-electron chi connectivity index (χ4n) is 2.05. The molecule has 0 atom stereocenters. The summed E-state index contributed by atoms with van der Waals surface area (Å²) in [6.07, 6.45) is 2.65. The Kier molecular flexibility index (Phi) is 6.65. The van der Waals surface area contributed by atoms with E-state index in [1.807, 2.05) is 19.1 Å². The van der Waals surface area contributed by atoms with Gasteiger partial charge in [-0.1, -0.05) is 0 Å². The number of morpholine rings is 1. The van der Waals surface area contributed by atoms with Crippen LogP contribution in [0.2, 0.25) is 0 Å². The lowest BCUT2D eigenvalue weighted by Gasteiger charge is -2.26. The number of aryl methyl sites for hydroxylation is 1. The Morgan fingerprint density at radius 1 is 1.43 bits per heavy atom. The van der Waals surface area contributed by atoms with Crippen molar-refractivity contribution in [3.63, 3.8) is 0 Å². The van der Waals surface area contributed by atoms with E-state index in [2.05, 4.69) is 20.7 Å². The number of ether oxygens (including phenoxy) is 1. The molecule has 21 heavy (non-hydrogen) atoms. The van der Waals surface area contributed by atoms with Gasteiger partial charge in [0.25, 0.3) is 0 Å². The molecule has 1 saturated heterocycles. The van der Waals surface area contributed by atoms with Gasteiger partial charge in [-0.05, 0) is 44.2 Å². The summed E-state index contributed by atoms with van der Waals surface area (Å²) in [4.78, 5) is 2.40. The molecule has 2 N–H and O–H groups in total. The molecule has 2 rings (SSSR count). The molecule has 0 aromatic carbocycles. The van der Waals surface area contributed by atoms with Gasteiger partial charge in [0.15, 0.2) is 5.11 Å². The van der Waals surface area contributed by atoms with Crippen LogP contribution in [0.25, 0.3) is 0 Å². The van der Waals surface area contributed by atoms with Gasteiger partial charge in [0.2, 0.25) is 0 Å². The molecule has 116 valence electrons. The molecular formula is C14H22N4O2S. The van der Waals surface area contributed by atoms with Crippen LogP contribution in [0.4, 0.5) is 0 Å². The van der Waals surface area contributed by atoms with Gasteiger partial charge in [-0.15, -0.1) is 0 Å². The fraction of sp³-hybridized carbons (Fsp3) is 0.571. The molecule has 0 bridgehead atoms. The minimum atomic E-state index is 0.525. The standard InChI is InChI=1S/C14H22N4O2S/c1-12-3-4-13(20-12)11-16-17-14(21)15-5-2-6-18-7-9-19-10-8-18/h3-4,11H,2,5-10H2,1H3,(H2,15,17,21)/b16-11-. The Morgan fingerprint density at radius 2 is 2.24 bits per heavy atom. The number of hydrogen-bond acceptors (Lipinski definition) is 5. The van der Waals surface area contributed by atoms with Gasteiger partial charge < -0.3 is 14.5 Å². The van der Waals surface area contributed by atoms with Crippen molar-refractivity contribution < 1.29 is 9.15 Å². The molecule has 1 aromatic rings. The number of nitrogens with zero attached hydrogens (tertiary/aromatic N) is 2. The summed E-state index contributed by atoms with van der Waals surface area (Å²) in [6.45, 7) is 7.52. The van der Waals surface area contributed by atoms with Crippen molar-refractivity contribution >= 4 is 23.5 Å². The number of furan rings is 1. The predicted octanol–water partition coefficient (Wildman–Crippen LogP) is 1.11.